The van der Waals surface area contributed by atoms with Crippen LogP contribution in [0.2, 0.25) is 0 Å². The summed E-state index contributed by atoms with van der Waals surface area (Å²) >= 11 is 0. The molecule has 0 aromatic carbocycles. The molecule has 4 nitrogen and oxygen atoms in total. The first kappa shape index (κ1) is 10.4. The van der Waals surface area contributed by atoms with Crippen molar-refractivity contribution in [3.05, 3.63) is 23.0 Å². The summed E-state index contributed by atoms with van der Waals surface area (Å²) in [5.41, 5.74) is 4.12. The number of aromatic carboxylic acids is 1. The lowest BCUT2D eigenvalue weighted by atomic mass is 10.1. The minimum Gasteiger partial charge on any atom is -0.477 e. The van der Waals surface area contributed by atoms with Crippen LogP contribution in [0, 0.1) is 6.92 Å². The van der Waals surface area contributed by atoms with Gasteiger partial charge in [0.1, 0.15) is 0 Å². The highest BCUT2D eigenvalue weighted by Gasteiger charge is 2.20. The van der Waals surface area contributed by atoms with Crippen molar-refractivity contribution in [3.63, 3.8) is 0 Å². The molecule has 0 bridgehead atoms. The summed E-state index contributed by atoms with van der Waals surface area (Å²) in [5.74, 6) is -1.34. The minimum atomic E-state index is -2.80. The van der Waals surface area contributed by atoms with Crippen LogP contribution in [-0.2, 0) is 0 Å². The molecule has 0 unspecified atom stereocenters. The Morgan fingerprint density at radius 1 is 1.64 bits per heavy atom. The van der Waals surface area contributed by atoms with Gasteiger partial charge in [0, 0.05) is 5.56 Å². The highest BCUT2D eigenvalue weighted by molar-refractivity contribution is 5.88. The van der Waals surface area contributed by atoms with Crippen LogP contribution < -0.4 is 5.73 Å². The van der Waals surface area contributed by atoms with E-state index in [0.717, 1.165) is 6.20 Å². The lowest BCUT2D eigenvalue weighted by molar-refractivity contribution is 0.0689. The van der Waals surface area contributed by atoms with E-state index in [2.05, 4.69) is 4.98 Å². The van der Waals surface area contributed by atoms with Crippen LogP contribution in [0.5, 0.6) is 0 Å². The van der Waals surface area contributed by atoms with E-state index in [0.29, 0.717) is 0 Å². The number of alkyl halides is 2. The molecule has 0 fully saturated rings. The van der Waals surface area contributed by atoms with Crippen molar-refractivity contribution < 1.29 is 18.7 Å². The number of nitrogens with zero attached hydrogens (tertiary/aromatic N) is 1. The Morgan fingerprint density at radius 3 is 2.64 bits per heavy atom. The van der Waals surface area contributed by atoms with Crippen LogP contribution in [0.1, 0.15) is 28.0 Å². The highest BCUT2D eigenvalue weighted by Crippen LogP contribution is 2.28. The number of carbonyl (C=O) groups is 1. The monoisotopic (exact) mass is 202 g/mol. The second-order valence-electron chi connectivity index (χ2n) is 2.71. The maximum atomic E-state index is 12.4. The van der Waals surface area contributed by atoms with Crippen LogP contribution in [0.3, 0.4) is 0 Å². The first-order valence-corrected chi connectivity index (χ1v) is 3.71. The largest absolute Gasteiger partial charge is 0.477 e. The van der Waals surface area contributed by atoms with E-state index in [4.69, 9.17) is 10.8 Å². The van der Waals surface area contributed by atoms with E-state index in [-0.39, 0.29) is 11.3 Å². The molecule has 1 aromatic heterocycles. The third-order valence-corrected chi connectivity index (χ3v) is 1.82. The van der Waals surface area contributed by atoms with Gasteiger partial charge in [0.05, 0.1) is 11.9 Å². The molecule has 0 radical (unpaired) electrons. The number of nitrogens with two attached hydrogens (primary N) is 1. The van der Waals surface area contributed by atoms with Crippen molar-refractivity contribution in [2.75, 3.05) is 5.73 Å². The Kier molecular flexibility index (Phi) is 2.64. The zero-order valence-corrected chi connectivity index (χ0v) is 7.29. The summed E-state index contributed by atoms with van der Waals surface area (Å²) in [6.07, 6.45) is -1.87. The number of anilines is 1. The van der Waals surface area contributed by atoms with Crippen molar-refractivity contribution in [1.82, 2.24) is 4.98 Å². The summed E-state index contributed by atoms with van der Waals surface area (Å²) in [5, 5.41) is 8.61. The lowest BCUT2D eigenvalue weighted by Gasteiger charge is -2.09. The molecule has 76 valence electrons. The minimum absolute atomic E-state index is 0.0903. The van der Waals surface area contributed by atoms with Gasteiger partial charge in [-0.05, 0) is 12.5 Å². The van der Waals surface area contributed by atoms with Crippen molar-refractivity contribution >= 4 is 11.7 Å². The summed E-state index contributed by atoms with van der Waals surface area (Å²) in [6.45, 7) is 1.26. The van der Waals surface area contributed by atoms with Crippen LogP contribution in [-0.4, -0.2) is 16.1 Å². The first-order valence-electron chi connectivity index (χ1n) is 3.71. The van der Waals surface area contributed by atoms with E-state index in [1.807, 2.05) is 0 Å². The van der Waals surface area contributed by atoms with E-state index in [1.54, 1.807) is 0 Å². The molecule has 1 aromatic rings. The van der Waals surface area contributed by atoms with Gasteiger partial charge in [-0.3, -0.25) is 0 Å². The van der Waals surface area contributed by atoms with Crippen LogP contribution in [0.4, 0.5) is 14.5 Å². The molecule has 1 heterocycles. The molecule has 6 heteroatoms. The number of carboxylic acids is 1. The van der Waals surface area contributed by atoms with Crippen molar-refractivity contribution in [3.8, 4) is 0 Å². The SMILES string of the molecule is Cc1c(C(=O)O)ncc(N)c1C(F)F. The molecule has 0 saturated heterocycles. The Labute approximate surface area is 78.4 Å². The zero-order valence-electron chi connectivity index (χ0n) is 7.29. The van der Waals surface area contributed by atoms with E-state index in [1.165, 1.54) is 6.92 Å². The normalized spacial score (nSPS) is 10.6. The van der Waals surface area contributed by atoms with E-state index >= 15 is 0 Å². The fourth-order valence-electron chi connectivity index (χ4n) is 1.15. The maximum Gasteiger partial charge on any atom is 0.354 e. The fraction of sp³-hybridized carbons (Fsp3) is 0.250. The molecule has 3 N–H and O–H groups in total. The number of halogens is 2. The predicted molar refractivity (Wildman–Crippen MR) is 45.3 cm³/mol. The second kappa shape index (κ2) is 3.57. The van der Waals surface area contributed by atoms with Gasteiger partial charge in [0.15, 0.2) is 5.69 Å². The van der Waals surface area contributed by atoms with Gasteiger partial charge < -0.3 is 10.8 Å². The zero-order chi connectivity index (χ0) is 10.9. The predicted octanol–water partition coefficient (Wildman–Crippen LogP) is 1.61. The van der Waals surface area contributed by atoms with Gasteiger partial charge in [0.25, 0.3) is 6.43 Å². The Hall–Kier alpha value is -1.72. The number of hydrogen-bond acceptors (Lipinski definition) is 3. The smallest absolute Gasteiger partial charge is 0.354 e. The van der Waals surface area contributed by atoms with Crippen LogP contribution in [0.15, 0.2) is 6.20 Å². The summed E-state index contributed by atoms with van der Waals surface area (Å²) in [7, 11) is 0. The molecule has 0 aliphatic heterocycles. The average molecular weight is 202 g/mol. The van der Waals surface area contributed by atoms with Crippen LogP contribution in [0.25, 0.3) is 0 Å². The number of hydrogen-bond donors (Lipinski definition) is 2. The molecule has 0 spiro atoms. The first-order chi connectivity index (χ1) is 6.45. The maximum absolute atomic E-state index is 12.4. The van der Waals surface area contributed by atoms with Gasteiger partial charge in [0.2, 0.25) is 0 Å². The Bertz CT molecular complexity index is 380. The van der Waals surface area contributed by atoms with Crippen LogP contribution >= 0.6 is 0 Å². The average Bonchev–Trinajstić information content (AvgIpc) is 2.02. The van der Waals surface area contributed by atoms with E-state index < -0.39 is 23.7 Å². The molecule has 0 amide bonds. The number of pyridine rings is 1. The van der Waals surface area contributed by atoms with E-state index in [9.17, 15) is 13.6 Å². The molecular weight excluding hydrogens is 194 g/mol. The molecule has 0 saturated carbocycles. The van der Waals surface area contributed by atoms with Gasteiger partial charge in [-0.2, -0.15) is 0 Å². The summed E-state index contributed by atoms with van der Waals surface area (Å²) in [6, 6.07) is 0. The molecule has 0 aliphatic rings. The second-order valence-corrected chi connectivity index (χ2v) is 2.71. The summed E-state index contributed by atoms with van der Waals surface area (Å²) in [4.78, 5) is 14.0. The Balaban J connectivity index is 3.41. The third kappa shape index (κ3) is 1.63. The standard InChI is InChI=1S/C8H8F2N2O2/c1-3-5(7(9)10)4(11)2-12-6(3)8(13)14/h2,7H,11H2,1H3,(H,13,14). The number of carboxylic acid groups (broad SMARTS) is 1. The highest BCUT2D eigenvalue weighted by atomic mass is 19.3. The molecule has 1 rings (SSSR count). The number of aromatic nitrogens is 1. The van der Waals surface area contributed by atoms with Gasteiger partial charge in [-0.1, -0.05) is 0 Å². The number of nitrogen functional groups attached to an aromatic ring is 1. The van der Waals surface area contributed by atoms with Crippen molar-refractivity contribution in [2.24, 2.45) is 0 Å². The Morgan fingerprint density at radius 2 is 2.21 bits per heavy atom. The topological polar surface area (TPSA) is 76.2 Å². The molecule has 0 atom stereocenters. The summed E-state index contributed by atoms with van der Waals surface area (Å²) < 4.78 is 24.9. The van der Waals surface area contributed by atoms with Crippen molar-refractivity contribution in [2.45, 2.75) is 13.3 Å². The number of rotatable bonds is 2. The van der Waals surface area contributed by atoms with Gasteiger partial charge >= 0.3 is 5.97 Å². The van der Waals surface area contributed by atoms with Gasteiger partial charge in [-0.15, -0.1) is 0 Å². The van der Waals surface area contributed by atoms with Gasteiger partial charge in [-0.25, -0.2) is 18.6 Å². The molecular formula is C8H8F2N2O2. The fourth-order valence-corrected chi connectivity index (χ4v) is 1.15. The lowest BCUT2D eigenvalue weighted by Crippen LogP contribution is -2.09. The quantitative estimate of drug-likeness (QED) is 0.763. The van der Waals surface area contributed by atoms with Crippen molar-refractivity contribution in [1.29, 1.82) is 0 Å². The third-order valence-electron chi connectivity index (χ3n) is 1.82. The molecule has 0 aliphatic carbocycles. The molecule has 14 heavy (non-hydrogen) atoms.